The van der Waals surface area contributed by atoms with Crippen molar-refractivity contribution in [1.82, 2.24) is 4.31 Å². The third-order valence-electron chi connectivity index (χ3n) is 2.77. The molecule has 8 heteroatoms. The molecular weight excluding hydrogens is 298 g/mol. The third kappa shape index (κ3) is 4.19. The summed E-state index contributed by atoms with van der Waals surface area (Å²) in [5, 5.41) is 3.03. The van der Waals surface area contributed by atoms with Crippen molar-refractivity contribution in [1.29, 1.82) is 0 Å². The predicted octanol–water partition coefficient (Wildman–Crippen LogP) is 0.700. The normalized spacial score (nSPS) is 13.4. The first-order valence-electron chi connectivity index (χ1n) is 6.20. The zero-order valence-electron chi connectivity index (χ0n) is 11.9. The minimum atomic E-state index is -3.48. The average Bonchev–Trinajstić information content (AvgIpc) is 2.40. The van der Waals surface area contributed by atoms with Gasteiger partial charge in [-0.2, -0.15) is 0 Å². The van der Waals surface area contributed by atoms with Gasteiger partial charge in [-0.05, 0) is 18.2 Å². The van der Waals surface area contributed by atoms with E-state index in [0.29, 0.717) is 29.4 Å². The van der Waals surface area contributed by atoms with Crippen LogP contribution in [0.4, 0.5) is 11.4 Å². The summed E-state index contributed by atoms with van der Waals surface area (Å²) in [7, 11) is -1.40. The number of nitrogens with one attached hydrogen (secondary N) is 1. The van der Waals surface area contributed by atoms with Gasteiger partial charge in [0, 0.05) is 42.9 Å². The number of sulfonamides is 1. The van der Waals surface area contributed by atoms with Gasteiger partial charge in [0.1, 0.15) is 0 Å². The molecule has 0 saturated carbocycles. The highest BCUT2D eigenvalue weighted by molar-refractivity contribution is 7.89. The van der Waals surface area contributed by atoms with E-state index in [0.717, 1.165) is 4.31 Å². The SMILES string of the molecule is CCS(=O)CCNc1cc(S(=O)(=O)N(C)C)ccc1N. The molecule has 0 aliphatic carbocycles. The highest BCUT2D eigenvalue weighted by Gasteiger charge is 2.18. The van der Waals surface area contributed by atoms with Crippen LogP contribution in [0.5, 0.6) is 0 Å². The summed E-state index contributed by atoms with van der Waals surface area (Å²) in [5.41, 5.74) is 6.82. The lowest BCUT2D eigenvalue weighted by atomic mass is 10.2. The number of benzene rings is 1. The fourth-order valence-corrected chi connectivity index (χ4v) is 3.05. The molecule has 0 aromatic heterocycles. The van der Waals surface area contributed by atoms with Crippen LogP contribution < -0.4 is 11.1 Å². The molecule has 0 bridgehead atoms. The van der Waals surface area contributed by atoms with Gasteiger partial charge in [-0.3, -0.25) is 4.21 Å². The molecule has 0 heterocycles. The molecule has 0 amide bonds. The van der Waals surface area contributed by atoms with Crippen molar-refractivity contribution in [2.24, 2.45) is 0 Å². The maximum Gasteiger partial charge on any atom is 0.242 e. The van der Waals surface area contributed by atoms with E-state index in [1.165, 1.54) is 26.2 Å². The molecule has 1 atom stereocenters. The minimum absolute atomic E-state index is 0.177. The van der Waals surface area contributed by atoms with Crippen LogP contribution in [-0.4, -0.2) is 49.1 Å². The summed E-state index contributed by atoms with van der Waals surface area (Å²) in [5.74, 6) is 1.10. The van der Waals surface area contributed by atoms with Crippen LogP contribution in [-0.2, 0) is 20.8 Å². The molecule has 0 spiro atoms. The molecule has 20 heavy (non-hydrogen) atoms. The largest absolute Gasteiger partial charge is 0.397 e. The first-order chi connectivity index (χ1) is 9.28. The van der Waals surface area contributed by atoms with E-state index in [-0.39, 0.29) is 4.90 Å². The van der Waals surface area contributed by atoms with Gasteiger partial charge < -0.3 is 11.1 Å². The molecule has 1 rings (SSSR count). The van der Waals surface area contributed by atoms with Gasteiger partial charge in [0.25, 0.3) is 0 Å². The molecule has 1 unspecified atom stereocenters. The van der Waals surface area contributed by atoms with E-state index in [1.807, 2.05) is 6.92 Å². The molecule has 1 aromatic rings. The van der Waals surface area contributed by atoms with Gasteiger partial charge in [0.15, 0.2) is 0 Å². The van der Waals surface area contributed by atoms with Gasteiger partial charge in [-0.25, -0.2) is 12.7 Å². The van der Waals surface area contributed by atoms with Gasteiger partial charge >= 0.3 is 0 Å². The van der Waals surface area contributed by atoms with Crippen molar-refractivity contribution in [3.63, 3.8) is 0 Å². The van der Waals surface area contributed by atoms with Gasteiger partial charge in [-0.1, -0.05) is 6.92 Å². The molecule has 3 N–H and O–H groups in total. The predicted molar refractivity (Wildman–Crippen MR) is 83.8 cm³/mol. The Hall–Kier alpha value is -1.12. The van der Waals surface area contributed by atoms with E-state index in [4.69, 9.17) is 5.73 Å². The van der Waals surface area contributed by atoms with Crippen molar-refractivity contribution < 1.29 is 12.6 Å². The number of hydrogen-bond acceptors (Lipinski definition) is 5. The second kappa shape index (κ2) is 7.05. The monoisotopic (exact) mass is 319 g/mol. The topological polar surface area (TPSA) is 92.5 Å². The first-order valence-corrected chi connectivity index (χ1v) is 9.12. The molecule has 114 valence electrons. The Morgan fingerprint density at radius 1 is 1.35 bits per heavy atom. The number of hydrogen-bond donors (Lipinski definition) is 2. The van der Waals surface area contributed by atoms with Crippen LogP contribution in [0.15, 0.2) is 23.1 Å². The second-order valence-electron chi connectivity index (χ2n) is 4.40. The number of nitrogen functional groups attached to an aromatic ring is 1. The van der Waals surface area contributed by atoms with E-state index in [1.54, 1.807) is 6.07 Å². The maximum atomic E-state index is 12.0. The smallest absolute Gasteiger partial charge is 0.242 e. The fraction of sp³-hybridized carbons (Fsp3) is 0.500. The zero-order valence-corrected chi connectivity index (χ0v) is 13.6. The van der Waals surface area contributed by atoms with Gasteiger partial charge in [-0.15, -0.1) is 0 Å². The second-order valence-corrected chi connectivity index (χ2v) is 8.41. The standard InChI is InChI=1S/C12H21N3O3S2/c1-4-19(16)8-7-14-12-9-10(5-6-11(12)13)20(17,18)15(2)3/h5-6,9,14H,4,7-8,13H2,1-3H3. The van der Waals surface area contributed by atoms with Gasteiger partial charge in [0.2, 0.25) is 10.0 Å². The summed E-state index contributed by atoms with van der Waals surface area (Å²) in [6.45, 7) is 2.34. The molecule has 0 saturated heterocycles. The van der Waals surface area contributed by atoms with Gasteiger partial charge in [0.05, 0.1) is 16.3 Å². The highest BCUT2D eigenvalue weighted by Crippen LogP contribution is 2.24. The Balaban J connectivity index is 2.90. The fourth-order valence-electron chi connectivity index (χ4n) is 1.50. The maximum absolute atomic E-state index is 12.0. The van der Waals surface area contributed by atoms with Crippen molar-refractivity contribution >= 4 is 32.2 Å². The Labute approximate surface area is 122 Å². The molecular formula is C12H21N3O3S2. The van der Waals surface area contributed by atoms with Crippen LogP contribution in [0.2, 0.25) is 0 Å². The summed E-state index contributed by atoms with van der Waals surface area (Å²) >= 11 is 0. The first kappa shape index (κ1) is 16.9. The molecule has 1 aromatic carbocycles. The van der Waals surface area contributed by atoms with Crippen molar-refractivity contribution in [2.45, 2.75) is 11.8 Å². The Morgan fingerprint density at radius 3 is 2.55 bits per heavy atom. The van der Waals surface area contributed by atoms with Crippen LogP contribution in [0, 0.1) is 0 Å². The summed E-state index contributed by atoms with van der Waals surface area (Å²) in [6, 6.07) is 4.52. The Morgan fingerprint density at radius 2 is 2.00 bits per heavy atom. The van der Waals surface area contributed by atoms with Crippen LogP contribution in [0.25, 0.3) is 0 Å². The van der Waals surface area contributed by atoms with E-state index in [9.17, 15) is 12.6 Å². The van der Waals surface area contributed by atoms with E-state index >= 15 is 0 Å². The van der Waals surface area contributed by atoms with E-state index in [2.05, 4.69) is 5.32 Å². The molecule has 0 aliphatic rings. The van der Waals surface area contributed by atoms with Crippen LogP contribution in [0.3, 0.4) is 0 Å². The average molecular weight is 319 g/mol. The molecule has 6 nitrogen and oxygen atoms in total. The lowest BCUT2D eigenvalue weighted by Crippen LogP contribution is -2.22. The summed E-state index contributed by atoms with van der Waals surface area (Å²) in [4.78, 5) is 0.177. The minimum Gasteiger partial charge on any atom is -0.397 e. The van der Waals surface area contributed by atoms with Crippen molar-refractivity contribution in [2.75, 3.05) is 43.2 Å². The quantitative estimate of drug-likeness (QED) is 0.722. The number of nitrogens with zero attached hydrogens (tertiary/aromatic N) is 1. The molecule has 0 fully saturated rings. The van der Waals surface area contributed by atoms with Crippen LogP contribution >= 0.6 is 0 Å². The zero-order chi connectivity index (χ0) is 15.3. The number of rotatable bonds is 7. The molecule has 0 aliphatic heterocycles. The third-order valence-corrected chi connectivity index (χ3v) is 5.88. The Bertz CT molecular complexity index is 586. The summed E-state index contributed by atoms with van der Waals surface area (Å²) < 4.78 is 36.6. The number of anilines is 2. The lowest BCUT2D eigenvalue weighted by molar-refractivity contribution is 0.521. The van der Waals surface area contributed by atoms with Crippen molar-refractivity contribution in [3.8, 4) is 0 Å². The van der Waals surface area contributed by atoms with E-state index < -0.39 is 20.8 Å². The Kier molecular flexibility index (Phi) is 5.97. The van der Waals surface area contributed by atoms with Crippen LogP contribution in [0.1, 0.15) is 6.92 Å². The number of nitrogens with two attached hydrogens (primary N) is 1. The lowest BCUT2D eigenvalue weighted by Gasteiger charge is -2.14. The van der Waals surface area contributed by atoms with Crippen molar-refractivity contribution in [3.05, 3.63) is 18.2 Å². The summed E-state index contributed by atoms with van der Waals surface area (Å²) in [6.07, 6.45) is 0. The highest BCUT2D eigenvalue weighted by atomic mass is 32.2. The molecule has 0 radical (unpaired) electrons.